The summed E-state index contributed by atoms with van der Waals surface area (Å²) >= 11 is 10.5. The van der Waals surface area contributed by atoms with Crippen molar-refractivity contribution >= 4 is 104 Å². The molecule has 0 saturated heterocycles. The Balaban J connectivity index is 1.55. The molecule has 7 aromatic rings. The fourth-order valence-electron chi connectivity index (χ4n) is 6.89. The molecular formula is C45H51FO2S6. The van der Waals surface area contributed by atoms with Crippen LogP contribution in [-0.4, -0.2) is 12.6 Å². The van der Waals surface area contributed by atoms with Gasteiger partial charge in [-0.1, -0.05) is 83.1 Å². The lowest BCUT2D eigenvalue weighted by atomic mass is 9.92. The molecule has 0 saturated carbocycles. The van der Waals surface area contributed by atoms with E-state index in [9.17, 15) is 4.79 Å². The van der Waals surface area contributed by atoms with Crippen LogP contribution in [0.25, 0.3) is 60.9 Å². The van der Waals surface area contributed by atoms with Crippen molar-refractivity contribution in [2.24, 2.45) is 17.8 Å². The molecule has 0 N–H and O–H groups in total. The van der Waals surface area contributed by atoms with E-state index in [-0.39, 0.29) is 28.2 Å². The first-order valence-corrected chi connectivity index (χ1v) is 23.9. The Labute approximate surface area is 344 Å². The zero-order chi connectivity index (χ0) is 39.0. The van der Waals surface area contributed by atoms with Crippen LogP contribution in [0.5, 0.6) is 0 Å². The fraction of sp³-hybridized carbons (Fsp3) is 0.444. The molecule has 286 valence electrons. The van der Waals surface area contributed by atoms with Crippen LogP contribution < -0.4 is 0 Å². The Morgan fingerprint density at radius 3 is 1.72 bits per heavy atom. The van der Waals surface area contributed by atoms with Crippen LogP contribution in [0.15, 0.2) is 36.4 Å². The third kappa shape index (κ3) is 7.55. The Bertz CT molecular complexity index is 2390. The second-order valence-electron chi connectivity index (χ2n) is 17.9. The van der Waals surface area contributed by atoms with Crippen molar-refractivity contribution in [1.82, 2.24) is 0 Å². The van der Waals surface area contributed by atoms with Crippen molar-refractivity contribution in [2.75, 3.05) is 6.61 Å². The number of hydrogen-bond donors (Lipinski definition) is 0. The Kier molecular flexibility index (Phi) is 10.9. The molecule has 0 atom stereocenters. The summed E-state index contributed by atoms with van der Waals surface area (Å²) in [5, 5.41) is 3.15. The summed E-state index contributed by atoms with van der Waals surface area (Å²) in [6, 6.07) is 14.2. The highest BCUT2D eigenvalue weighted by Crippen LogP contribution is 2.57. The first-order valence-electron chi connectivity index (χ1n) is 19.0. The number of thiophene rings is 6. The lowest BCUT2D eigenvalue weighted by Crippen LogP contribution is -2.11. The highest BCUT2D eigenvalue weighted by Gasteiger charge is 2.33. The van der Waals surface area contributed by atoms with Gasteiger partial charge in [-0.3, -0.25) is 0 Å². The van der Waals surface area contributed by atoms with Crippen molar-refractivity contribution in [3.63, 3.8) is 0 Å². The molecule has 0 amide bonds. The molecule has 0 aliphatic rings. The highest BCUT2D eigenvalue weighted by atomic mass is 32.1. The number of ether oxygens (including phenoxy) is 1. The van der Waals surface area contributed by atoms with Crippen molar-refractivity contribution in [1.29, 1.82) is 0 Å². The molecule has 2 nitrogen and oxygen atoms in total. The Hall–Kier alpha value is -2.40. The van der Waals surface area contributed by atoms with Crippen molar-refractivity contribution in [2.45, 2.75) is 107 Å². The summed E-state index contributed by atoms with van der Waals surface area (Å²) in [6.07, 6.45) is 2.12. The maximum Gasteiger partial charge on any atom is 0.351 e. The summed E-state index contributed by atoms with van der Waals surface area (Å²) in [5.41, 5.74) is 2.32. The Morgan fingerprint density at radius 1 is 0.648 bits per heavy atom. The van der Waals surface area contributed by atoms with Crippen LogP contribution >= 0.6 is 68.0 Å². The van der Waals surface area contributed by atoms with Crippen LogP contribution in [-0.2, 0) is 28.4 Å². The van der Waals surface area contributed by atoms with Gasteiger partial charge in [0, 0.05) is 70.8 Å². The maximum atomic E-state index is 16.5. The number of rotatable bonds is 10. The number of esters is 1. The smallest absolute Gasteiger partial charge is 0.351 e. The normalized spacial score (nSPS) is 13.0. The first kappa shape index (κ1) is 39.8. The first-order chi connectivity index (χ1) is 25.3. The number of fused-ring (bicyclic) bond motifs is 3. The van der Waals surface area contributed by atoms with E-state index in [1.54, 1.807) is 11.3 Å². The minimum Gasteiger partial charge on any atom is -0.461 e. The van der Waals surface area contributed by atoms with E-state index >= 15 is 4.39 Å². The SMILES string of the molecule is CC(C)COC(=O)c1sc2c(-c3cc4c(-c5ccc(CC(C)C)s5)c5sc(C(C)(C)C)cc5c(-c5ccc(CC(C)C)s5)c4s3)sc(C(C)(C)C)c2c1F. The van der Waals surface area contributed by atoms with E-state index in [4.69, 9.17) is 4.74 Å². The quantitative estimate of drug-likeness (QED) is 0.128. The molecular weight excluding hydrogens is 784 g/mol. The third-order valence-corrected chi connectivity index (χ3v) is 17.4. The predicted octanol–water partition coefficient (Wildman–Crippen LogP) is 16.5. The summed E-state index contributed by atoms with van der Waals surface area (Å²) in [6.45, 7) is 26.8. The minimum absolute atomic E-state index is 0.0104. The molecule has 0 bridgehead atoms. The molecule has 7 rings (SSSR count). The zero-order valence-electron chi connectivity index (χ0n) is 33.5. The van der Waals surface area contributed by atoms with Crippen LogP contribution in [0.3, 0.4) is 0 Å². The van der Waals surface area contributed by atoms with E-state index in [0.29, 0.717) is 17.2 Å². The van der Waals surface area contributed by atoms with Crippen molar-refractivity contribution < 1.29 is 13.9 Å². The second-order valence-corrected chi connectivity index (χ2v) is 24.4. The largest absolute Gasteiger partial charge is 0.461 e. The number of carbonyl (C=O) groups is 1. The van der Waals surface area contributed by atoms with E-state index in [2.05, 4.69) is 106 Å². The van der Waals surface area contributed by atoms with Gasteiger partial charge in [-0.05, 0) is 77.8 Å². The van der Waals surface area contributed by atoms with E-state index in [1.807, 2.05) is 59.2 Å². The number of carbonyl (C=O) groups excluding carboxylic acids is 1. The summed E-state index contributed by atoms with van der Waals surface area (Å²) in [7, 11) is 0. The fourth-order valence-corrected chi connectivity index (χ4v) is 14.9. The lowest BCUT2D eigenvalue weighted by molar-refractivity contribution is 0.0460. The second kappa shape index (κ2) is 14.8. The van der Waals surface area contributed by atoms with Gasteiger partial charge < -0.3 is 4.74 Å². The molecule has 6 heterocycles. The van der Waals surface area contributed by atoms with Gasteiger partial charge in [0.25, 0.3) is 0 Å². The molecule has 0 aliphatic heterocycles. The standard InChI is InChI=1S/C45H51FO2S6/c1-22(2)17-25-13-15-29(49-25)33-27-19-31(39-40-35(42(54-39)45(10,11)12)36(46)41(53-40)43(47)48-21-24(5)6)51-37(27)34(30-16-14-26(50-30)18-23(3)4)28-20-32(44(7,8)9)52-38(28)33/h13-16,19-20,22-24H,17-18,21H2,1-12H3. The van der Waals surface area contributed by atoms with Crippen LogP contribution in [0.2, 0.25) is 0 Å². The molecule has 54 heavy (non-hydrogen) atoms. The van der Waals surface area contributed by atoms with Gasteiger partial charge in [0.2, 0.25) is 0 Å². The Morgan fingerprint density at radius 2 is 1.20 bits per heavy atom. The molecule has 0 radical (unpaired) electrons. The van der Waals surface area contributed by atoms with Gasteiger partial charge in [0.05, 0.1) is 16.2 Å². The van der Waals surface area contributed by atoms with E-state index in [1.165, 1.54) is 67.0 Å². The van der Waals surface area contributed by atoms with Crippen LogP contribution in [0.1, 0.15) is 112 Å². The molecule has 0 spiro atoms. The van der Waals surface area contributed by atoms with Gasteiger partial charge >= 0.3 is 5.97 Å². The molecule has 0 fully saturated rings. The number of hydrogen-bond acceptors (Lipinski definition) is 8. The van der Waals surface area contributed by atoms with Gasteiger partial charge in [0.1, 0.15) is 4.88 Å². The highest BCUT2D eigenvalue weighted by molar-refractivity contribution is 7.32. The summed E-state index contributed by atoms with van der Waals surface area (Å²) < 4.78 is 25.5. The van der Waals surface area contributed by atoms with E-state index < -0.39 is 11.8 Å². The monoisotopic (exact) mass is 834 g/mol. The van der Waals surface area contributed by atoms with E-state index in [0.717, 1.165) is 32.2 Å². The average Bonchev–Trinajstić information content (AvgIpc) is 3.89. The van der Waals surface area contributed by atoms with Gasteiger partial charge in [-0.25, -0.2) is 9.18 Å². The van der Waals surface area contributed by atoms with Crippen molar-refractivity contribution in [3.05, 3.63) is 66.6 Å². The molecule has 0 unspecified atom stereocenters. The average molecular weight is 835 g/mol. The summed E-state index contributed by atoms with van der Waals surface area (Å²) in [4.78, 5) is 23.3. The number of halogens is 1. The topological polar surface area (TPSA) is 26.3 Å². The number of benzene rings is 1. The predicted molar refractivity (Wildman–Crippen MR) is 242 cm³/mol. The lowest BCUT2D eigenvalue weighted by Gasteiger charge is -2.16. The minimum atomic E-state index is -0.571. The maximum absolute atomic E-state index is 16.5. The van der Waals surface area contributed by atoms with Gasteiger partial charge in [0.15, 0.2) is 5.82 Å². The molecule has 6 aromatic heterocycles. The third-order valence-electron chi connectivity index (χ3n) is 9.36. The van der Waals surface area contributed by atoms with Crippen LogP contribution in [0, 0.1) is 23.6 Å². The van der Waals surface area contributed by atoms with Gasteiger partial charge in [-0.15, -0.1) is 68.0 Å². The zero-order valence-corrected chi connectivity index (χ0v) is 38.4. The molecule has 0 aliphatic carbocycles. The molecule has 1 aromatic carbocycles. The summed E-state index contributed by atoms with van der Waals surface area (Å²) in [5.74, 6) is 0.317. The molecule has 9 heteroatoms. The van der Waals surface area contributed by atoms with Crippen molar-refractivity contribution in [3.8, 4) is 30.6 Å². The van der Waals surface area contributed by atoms with Crippen LogP contribution in [0.4, 0.5) is 4.39 Å². The van der Waals surface area contributed by atoms with Gasteiger partial charge in [-0.2, -0.15) is 0 Å².